The number of alkyl halides is 3. The first-order valence-electron chi connectivity index (χ1n) is 6.41. The summed E-state index contributed by atoms with van der Waals surface area (Å²) in [5.74, 6) is -3.11. The van der Waals surface area contributed by atoms with Gasteiger partial charge in [-0.3, -0.25) is 4.79 Å². The molecule has 0 radical (unpaired) electrons. The van der Waals surface area contributed by atoms with Crippen molar-refractivity contribution in [3.8, 4) is 5.75 Å². The van der Waals surface area contributed by atoms with Gasteiger partial charge in [-0.2, -0.15) is 13.2 Å². The zero-order valence-corrected chi connectivity index (χ0v) is 12.5. The smallest absolute Gasteiger partial charge is 0.417 e. The number of anilines is 1. The highest BCUT2D eigenvalue weighted by molar-refractivity contribution is 6.31. The predicted molar refractivity (Wildman–Crippen MR) is 76.9 cm³/mol. The molecule has 1 N–H and O–H groups in total. The summed E-state index contributed by atoms with van der Waals surface area (Å²) in [4.78, 5) is 11.7. The molecule has 0 aliphatic heterocycles. The highest BCUT2D eigenvalue weighted by atomic mass is 35.5. The van der Waals surface area contributed by atoms with E-state index < -0.39 is 40.9 Å². The van der Waals surface area contributed by atoms with Crippen LogP contribution < -0.4 is 10.1 Å². The van der Waals surface area contributed by atoms with Gasteiger partial charge in [0.15, 0.2) is 18.2 Å². The van der Waals surface area contributed by atoms with Crippen molar-refractivity contribution in [1.29, 1.82) is 0 Å². The fourth-order valence-corrected chi connectivity index (χ4v) is 1.96. The van der Waals surface area contributed by atoms with Crippen LogP contribution in [0.15, 0.2) is 36.4 Å². The third kappa shape index (κ3) is 4.58. The minimum Gasteiger partial charge on any atom is -0.484 e. The topological polar surface area (TPSA) is 38.3 Å². The van der Waals surface area contributed by atoms with Crippen molar-refractivity contribution in [2.75, 3.05) is 11.9 Å². The van der Waals surface area contributed by atoms with Crippen molar-refractivity contribution < 1.29 is 31.5 Å². The Labute approximate surface area is 138 Å². The summed E-state index contributed by atoms with van der Waals surface area (Å²) in [5, 5.41) is 1.69. The average Bonchev–Trinajstić information content (AvgIpc) is 2.49. The molecule has 24 heavy (non-hydrogen) atoms. The van der Waals surface area contributed by atoms with Crippen LogP contribution in [0.5, 0.6) is 5.75 Å². The van der Waals surface area contributed by atoms with Crippen LogP contribution in [-0.2, 0) is 11.0 Å². The Hall–Kier alpha value is -2.35. The van der Waals surface area contributed by atoms with Gasteiger partial charge in [0.05, 0.1) is 10.6 Å². The average molecular weight is 366 g/mol. The monoisotopic (exact) mass is 365 g/mol. The van der Waals surface area contributed by atoms with Gasteiger partial charge in [0.25, 0.3) is 5.91 Å². The summed E-state index contributed by atoms with van der Waals surface area (Å²) in [7, 11) is 0. The van der Waals surface area contributed by atoms with E-state index in [4.69, 9.17) is 16.3 Å². The van der Waals surface area contributed by atoms with Gasteiger partial charge in [-0.1, -0.05) is 11.6 Å². The third-order valence-electron chi connectivity index (χ3n) is 2.82. The first-order chi connectivity index (χ1) is 11.2. The molecule has 2 aromatic rings. The molecule has 128 valence electrons. The number of rotatable bonds is 4. The number of hydrogen-bond donors (Lipinski definition) is 1. The van der Waals surface area contributed by atoms with E-state index in [1.54, 1.807) is 0 Å². The van der Waals surface area contributed by atoms with E-state index in [9.17, 15) is 26.7 Å². The van der Waals surface area contributed by atoms with E-state index in [0.29, 0.717) is 6.07 Å². The molecule has 0 bridgehead atoms. The van der Waals surface area contributed by atoms with Crippen molar-refractivity contribution in [3.05, 3.63) is 58.6 Å². The van der Waals surface area contributed by atoms with Gasteiger partial charge in [0, 0.05) is 11.8 Å². The minimum absolute atomic E-state index is 0.101. The summed E-state index contributed by atoms with van der Waals surface area (Å²) >= 11 is 5.46. The second kappa shape index (κ2) is 7.04. The molecule has 1 amide bonds. The van der Waals surface area contributed by atoms with E-state index in [0.717, 1.165) is 24.3 Å². The van der Waals surface area contributed by atoms with Crippen molar-refractivity contribution in [2.45, 2.75) is 6.18 Å². The maximum absolute atomic E-state index is 13.0. The van der Waals surface area contributed by atoms with Crippen LogP contribution in [0.2, 0.25) is 5.02 Å². The summed E-state index contributed by atoms with van der Waals surface area (Å²) in [5.41, 5.74) is -1.23. The molecule has 0 unspecified atom stereocenters. The lowest BCUT2D eigenvalue weighted by Crippen LogP contribution is -2.20. The summed E-state index contributed by atoms with van der Waals surface area (Å²) in [6.07, 6.45) is -4.67. The van der Waals surface area contributed by atoms with Gasteiger partial charge in [0.2, 0.25) is 0 Å². The van der Waals surface area contributed by atoms with Crippen LogP contribution in [0.25, 0.3) is 0 Å². The molecule has 0 aliphatic carbocycles. The van der Waals surface area contributed by atoms with Crippen LogP contribution in [0.3, 0.4) is 0 Å². The molecule has 0 fully saturated rings. The van der Waals surface area contributed by atoms with E-state index >= 15 is 0 Å². The van der Waals surface area contributed by atoms with Crippen LogP contribution in [-0.4, -0.2) is 12.5 Å². The van der Waals surface area contributed by atoms with Gasteiger partial charge in [-0.05, 0) is 30.3 Å². The Balaban J connectivity index is 2.01. The van der Waals surface area contributed by atoms with Crippen LogP contribution >= 0.6 is 11.6 Å². The van der Waals surface area contributed by atoms with Gasteiger partial charge >= 0.3 is 6.18 Å². The number of carbonyl (C=O) groups is 1. The minimum atomic E-state index is -4.67. The molecule has 3 nitrogen and oxygen atoms in total. The van der Waals surface area contributed by atoms with Crippen molar-refractivity contribution >= 4 is 23.2 Å². The Morgan fingerprint density at radius 3 is 2.42 bits per heavy atom. The predicted octanol–water partition coefficient (Wildman–Crippen LogP) is 4.65. The standard InChI is InChI=1S/C15H9ClF5NO2/c16-11-3-1-8(5-10(11)15(19,20)21)22-14(23)7-24-9-2-4-12(17)13(18)6-9/h1-6H,7H2,(H,22,23). The number of halogens is 6. The van der Waals surface area contributed by atoms with E-state index in [2.05, 4.69) is 5.32 Å². The van der Waals surface area contributed by atoms with Crippen molar-refractivity contribution in [1.82, 2.24) is 0 Å². The highest BCUT2D eigenvalue weighted by Crippen LogP contribution is 2.36. The summed E-state index contributed by atoms with van der Waals surface area (Å²) in [6.45, 7) is -0.602. The summed E-state index contributed by atoms with van der Waals surface area (Å²) < 4.78 is 68.8. The number of nitrogens with one attached hydrogen (secondary N) is 1. The third-order valence-corrected chi connectivity index (χ3v) is 3.15. The Morgan fingerprint density at radius 1 is 1.08 bits per heavy atom. The molecule has 2 rings (SSSR count). The Bertz CT molecular complexity index is 764. The van der Waals surface area contributed by atoms with Crippen LogP contribution in [0, 0.1) is 11.6 Å². The Morgan fingerprint density at radius 2 is 1.79 bits per heavy atom. The number of ether oxygens (including phenoxy) is 1. The molecular formula is C15H9ClF5NO2. The Kier molecular flexibility index (Phi) is 5.28. The molecule has 0 heterocycles. The van der Waals surface area contributed by atoms with Crippen LogP contribution in [0.4, 0.5) is 27.6 Å². The number of amides is 1. The molecule has 9 heteroatoms. The van der Waals surface area contributed by atoms with E-state index in [1.165, 1.54) is 6.07 Å². The second-order valence-corrected chi connectivity index (χ2v) is 5.01. The van der Waals surface area contributed by atoms with Gasteiger partial charge in [-0.25, -0.2) is 8.78 Å². The fraction of sp³-hybridized carbons (Fsp3) is 0.133. The lowest BCUT2D eigenvalue weighted by atomic mass is 10.2. The van der Waals surface area contributed by atoms with Crippen LogP contribution in [0.1, 0.15) is 5.56 Å². The molecular weight excluding hydrogens is 357 g/mol. The number of hydrogen-bond acceptors (Lipinski definition) is 2. The molecule has 0 spiro atoms. The van der Waals surface area contributed by atoms with Gasteiger partial charge in [0.1, 0.15) is 5.75 Å². The summed E-state index contributed by atoms with van der Waals surface area (Å²) in [6, 6.07) is 5.53. The molecule has 0 aromatic heterocycles. The van der Waals surface area contributed by atoms with E-state index in [1.807, 2.05) is 0 Å². The van der Waals surface area contributed by atoms with Gasteiger partial charge < -0.3 is 10.1 Å². The number of benzene rings is 2. The van der Waals surface area contributed by atoms with Crippen molar-refractivity contribution in [2.24, 2.45) is 0 Å². The maximum Gasteiger partial charge on any atom is 0.417 e. The molecule has 0 atom stereocenters. The molecule has 0 aliphatic rings. The number of carbonyl (C=O) groups excluding carboxylic acids is 1. The molecule has 0 saturated carbocycles. The normalized spacial score (nSPS) is 11.2. The van der Waals surface area contributed by atoms with Gasteiger partial charge in [-0.15, -0.1) is 0 Å². The molecule has 2 aromatic carbocycles. The fourth-order valence-electron chi connectivity index (χ4n) is 1.73. The first-order valence-corrected chi connectivity index (χ1v) is 6.79. The zero-order valence-electron chi connectivity index (χ0n) is 11.8. The lowest BCUT2D eigenvalue weighted by molar-refractivity contribution is -0.137. The quantitative estimate of drug-likeness (QED) is 0.801. The molecule has 0 saturated heterocycles. The van der Waals surface area contributed by atoms with Crippen molar-refractivity contribution in [3.63, 3.8) is 0 Å². The maximum atomic E-state index is 13.0. The SMILES string of the molecule is O=C(COc1ccc(F)c(F)c1)Nc1ccc(Cl)c(C(F)(F)F)c1. The largest absolute Gasteiger partial charge is 0.484 e. The highest BCUT2D eigenvalue weighted by Gasteiger charge is 2.33. The van der Waals surface area contributed by atoms with E-state index in [-0.39, 0.29) is 11.4 Å². The first kappa shape index (κ1) is 18.0. The zero-order chi connectivity index (χ0) is 17.9. The second-order valence-electron chi connectivity index (χ2n) is 4.61. The lowest BCUT2D eigenvalue weighted by Gasteiger charge is -2.12.